The zero-order valence-corrected chi connectivity index (χ0v) is 11.4. The highest BCUT2D eigenvalue weighted by Gasteiger charge is 2.08. The van der Waals surface area contributed by atoms with E-state index in [1.165, 1.54) is 24.4 Å². The second kappa shape index (κ2) is 5.61. The molecule has 3 aromatic rings. The van der Waals surface area contributed by atoms with Crippen molar-refractivity contribution in [3.63, 3.8) is 0 Å². The third-order valence-corrected chi connectivity index (χ3v) is 3.16. The van der Waals surface area contributed by atoms with Gasteiger partial charge in [0.15, 0.2) is 0 Å². The summed E-state index contributed by atoms with van der Waals surface area (Å²) in [6.07, 6.45) is 1.26. The van der Waals surface area contributed by atoms with Crippen molar-refractivity contribution >= 4 is 23.0 Å². The number of aromatic amines is 1. The molecule has 110 valence electrons. The molecule has 0 saturated carbocycles. The van der Waals surface area contributed by atoms with E-state index in [-0.39, 0.29) is 11.5 Å². The van der Waals surface area contributed by atoms with E-state index in [9.17, 15) is 15.0 Å². The Balaban J connectivity index is 1.74. The highest BCUT2D eigenvalue weighted by atomic mass is 16.3. The number of hydrazone groups is 1. The topological polar surface area (TPSA) is 97.7 Å². The van der Waals surface area contributed by atoms with E-state index in [1.807, 2.05) is 24.3 Å². The summed E-state index contributed by atoms with van der Waals surface area (Å²) in [6, 6.07) is 13.3. The number of nitrogens with zero attached hydrogens (tertiary/aromatic N) is 1. The van der Waals surface area contributed by atoms with Crippen molar-refractivity contribution in [3.05, 3.63) is 59.8 Å². The Labute approximate surface area is 125 Å². The summed E-state index contributed by atoms with van der Waals surface area (Å²) >= 11 is 0. The number of benzene rings is 2. The average Bonchev–Trinajstić information content (AvgIpc) is 2.94. The first kappa shape index (κ1) is 13.7. The van der Waals surface area contributed by atoms with Gasteiger partial charge in [-0.25, -0.2) is 5.43 Å². The van der Waals surface area contributed by atoms with Crippen LogP contribution in [0.15, 0.2) is 53.6 Å². The van der Waals surface area contributed by atoms with Gasteiger partial charge >= 0.3 is 0 Å². The Kier molecular flexibility index (Phi) is 3.49. The summed E-state index contributed by atoms with van der Waals surface area (Å²) in [7, 11) is 0. The second-order valence-corrected chi connectivity index (χ2v) is 4.71. The van der Waals surface area contributed by atoms with Gasteiger partial charge in [-0.3, -0.25) is 4.79 Å². The molecule has 1 heterocycles. The number of carbonyl (C=O) groups excluding carboxylic acids is 1. The zero-order chi connectivity index (χ0) is 15.5. The molecule has 1 aromatic heterocycles. The fourth-order valence-electron chi connectivity index (χ4n) is 2.06. The molecule has 22 heavy (non-hydrogen) atoms. The first-order chi connectivity index (χ1) is 10.6. The van der Waals surface area contributed by atoms with Crippen molar-refractivity contribution in [2.75, 3.05) is 0 Å². The molecule has 0 fully saturated rings. The van der Waals surface area contributed by atoms with E-state index in [0.717, 1.165) is 10.9 Å². The number of hydrogen-bond acceptors (Lipinski definition) is 4. The third-order valence-electron chi connectivity index (χ3n) is 3.16. The summed E-state index contributed by atoms with van der Waals surface area (Å²) in [5, 5.41) is 23.6. The summed E-state index contributed by atoms with van der Waals surface area (Å²) < 4.78 is 0. The largest absolute Gasteiger partial charge is 0.508 e. The molecule has 0 aliphatic heterocycles. The smallest absolute Gasteiger partial charge is 0.287 e. The Morgan fingerprint density at radius 1 is 1.14 bits per heavy atom. The van der Waals surface area contributed by atoms with Crippen LogP contribution in [0.2, 0.25) is 0 Å². The van der Waals surface area contributed by atoms with E-state index in [1.54, 1.807) is 6.07 Å². The highest BCUT2D eigenvalue weighted by molar-refractivity contribution is 5.98. The van der Waals surface area contributed by atoms with Crippen molar-refractivity contribution in [1.82, 2.24) is 10.4 Å². The van der Waals surface area contributed by atoms with Gasteiger partial charge in [0.2, 0.25) is 0 Å². The van der Waals surface area contributed by atoms with Gasteiger partial charge in [0.1, 0.15) is 17.2 Å². The molecule has 3 rings (SSSR count). The number of hydrogen-bond donors (Lipinski definition) is 4. The van der Waals surface area contributed by atoms with Crippen molar-refractivity contribution in [2.24, 2.45) is 5.10 Å². The number of carbonyl (C=O) groups is 1. The van der Waals surface area contributed by atoms with Gasteiger partial charge in [0, 0.05) is 16.5 Å². The van der Waals surface area contributed by atoms with Crippen LogP contribution in [0.3, 0.4) is 0 Å². The maximum absolute atomic E-state index is 12.0. The molecule has 0 aliphatic carbocycles. The maximum atomic E-state index is 12.0. The molecular formula is C16H13N3O3. The number of H-pyrrole nitrogens is 1. The first-order valence-corrected chi connectivity index (χ1v) is 6.56. The molecule has 0 aliphatic rings. The molecule has 0 saturated heterocycles. The van der Waals surface area contributed by atoms with Gasteiger partial charge in [-0.1, -0.05) is 18.2 Å². The fourth-order valence-corrected chi connectivity index (χ4v) is 2.06. The van der Waals surface area contributed by atoms with Crippen LogP contribution in [0, 0.1) is 0 Å². The predicted octanol–water partition coefficient (Wildman–Crippen LogP) is 2.34. The lowest BCUT2D eigenvalue weighted by Gasteiger charge is -2.00. The molecule has 0 atom stereocenters. The van der Waals surface area contributed by atoms with Gasteiger partial charge in [0.25, 0.3) is 5.91 Å². The van der Waals surface area contributed by atoms with E-state index < -0.39 is 5.91 Å². The van der Waals surface area contributed by atoms with Crippen LogP contribution in [0.1, 0.15) is 16.1 Å². The highest BCUT2D eigenvalue weighted by Crippen LogP contribution is 2.20. The summed E-state index contributed by atoms with van der Waals surface area (Å²) in [5.41, 5.74) is 3.92. The number of aromatic hydroxyl groups is 2. The number of phenols is 2. The summed E-state index contributed by atoms with van der Waals surface area (Å²) in [4.78, 5) is 15.0. The molecule has 6 nitrogen and oxygen atoms in total. The predicted molar refractivity (Wildman–Crippen MR) is 83.1 cm³/mol. The Bertz CT molecular complexity index is 835. The van der Waals surface area contributed by atoms with Crippen LogP contribution in [0.4, 0.5) is 0 Å². The summed E-state index contributed by atoms with van der Waals surface area (Å²) in [5.74, 6) is -0.435. The van der Waals surface area contributed by atoms with Crippen LogP contribution in [-0.2, 0) is 0 Å². The molecule has 6 heteroatoms. The Morgan fingerprint density at radius 3 is 2.77 bits per heavy atom. The lowest BCUT2D eigenvalue weighted by atomic mass is 10.2. The lowest BCUT2D eigenvalue weighted by molar-refractivity contribution is 0.0951. The zero-order valence-electron chi connectivity index (χ0n) is 11.4. The molecule has 1 amide bonds. The van der Waals surface area contributed by atoms with Crippen molar-refractivity contribution < 1.29 is 15.0 Å². The number of para-hydroxylation sites is 1. The van der Waals surface area contributed by atoms with Crippen LogP contribution < -0.4 is 5.43 Å². The van der Waals surface area contributed by atoms with Gasteiger partial charge < -0.3 is 15.2 Å². The van der Waals surface area contributed by atoms with E-state index in [2.05, 4.69) is 15.5 Å². The van der Waals surface area contributed by atoms with Crippen molar-refractivity contribution in [1.29, 1.82) is 0 Å². The van der Waals surface area contributed by atoms with Crippen molar-refractivity contribution in [2.45, 2.75) is 0 Å². The number of rotatable bonds is 3. The monoisotopic (exact) mass is 295 g/mol. The number of aromatic nitrogens is 1. The van der Waals surface area contributed by atoms with Crippen LogP contribution in [-0.4, -0.2) is 27.3 Å². The summed E-state index contributed by atoms with van der Waals surface area (Å²) in [6.45, 7) is 0. The SMILES string of the molecule is O=C(N/N=C/c1cc(O)ccc1O)c1cc2ccccc2[nH]1. The standard InChI is InChI=1S/C16H13N3O3/c20-12-5-6-15(21)11(7-12)9-17-19-16(22)14-8-10-3-1-2-4-13(10)18-14/h1-9,18,20-21H,(H,19,22)/b17-9+. The normalized spacial score (nSPS) is 11.1. The molecule has 0 bridgehead atoms. The van der Waals surface area contributed by atoms with Crippen molar-refractivity contribution in [3.8, 4) is 11.5 Å². The molecule has 0 radical (unpaired) electrons. The minimum atomic E-state index is -0.396. The molecule has 4 N–H and O–H groups in total. The third kappa shape index (κ3) is 2.76. The Morgan fingerprint density at radius 2 is 1.95 bits per heavy atom. The van der Waals surface area contributed by atoms with Gasteiger partial charge in [-0.05, 0) is 30.3 Å². The quantitative estimate of drug-likeness (QED) is 0.339. The molecule has 2 aromatic carbocycles. The second-order valence-electron chi connectivity index (χ2n) is 4.71. The number of phenolic OH excluding ortho intramolecular Hbond substituents is 2. The van der Waals surface area contributed by atoms with Gasteiger partial charge in [-0.2, -0.15) is 5.10 Å². The van der Waals surface area contributed by atoms with E-state index in [0.29, 0.717) is 11.3 Å². The first-order valence-electron chi connectivity index (χ1n) is 6.56. The number of amides is 1. The lowest BCUT2D eigenvalue weighted by Crippen LogP contribution is -2.17. The minimum Gasteiger partial charge on any atom is -0.508 e. The van der Waals surface area contributed by atoms with Gasteiger partial charge in [0.05, 0.1) is 6.21 Å². The minimum absolute atomic E-state index is 0.00111. The van der Waals surface area contributed by atoms with Crippen LogP contribution in [0.5, 0.6) is 11.5 Å². The van der Waals surface area contributed by atoms with E-state index >= 15 is 0 Å². The Hall–Kier alpha value is -3.28. The molecule has 0 spiro atoms. The fraction of sp³-hybridized carbons (Fsp3) is 0. The molecular weight excluding hydrogens is 282 g/mol. The molecule has 0 unspecified atom stereocenters. The average molecular weight is 295 g/mol. The number of fused-ring (bicyclic) bond motifs is 1. The van der Waals surface area contributed by atoms with E-state index in [4.69, 9.17) is 0 Å². The maximum Gasteiger partial charge on any atom is 0.287 e. The van der Waals surface area contributed by atoms with Crippen LogP contribution in [0.25, 0.3) is 10.9 Å². The van der Waals surface area contributed by atoms with Gasteiger partial charge in [-0.15, -0.1) is 0 Å². The number of nitrogens with one attached hydrogen (secondary N) is 2. The van der Waals surface area contributed by atoms with Crippen LogP contribution >= 0.6 is 0 Å².